The Morgan fingerprint density at radius 2 is 2.20 bits per heavy atom. The van der Waals surface area contributed by atoms with Gasteiger partial charge in [-0.2, -0.15) is 0 Å². The van der Waals surface area contributed by atoms with Crippen LogP contribution in [0.5, 0.6) is 0 Å². The van der Waals surface area contributed by atoms with Gasteiger partial charge in [0.05, 0.1) is 17.0 Å². The predicted octanol–water partition coefficient (Wildman–Crippen LogP) is 2.57. The van der Waals surface area contributed by atoms with E-state index in [0.29, 0.717) is 11.3 Å². The summed E-state index contributed by atoms with van der Waals surface area (Å²) >= 11 is 10.8. The SMILES string of the molecule is Cn1cnc2c(=O)n(-c3ccc(Cl)c(F)c3)c(=S)[nH]c21. The summed E-state index contributed by atoms with van der Waals surface area (Å²) in [7, 11) is 1.74. The second-order valence-corrected chi connectivity index (χ2v) is 5.02. The van der Waals surface area contributed by atoms with Crippen molar-refractivity contribution in [1.82, 2.24) is 19.1 Å². The standard InChI is InChI=1S/C12H8ClFN4OS/c1-17-5-15-9-10(17)16-12(20)18(11(9)19)6-2-3-7(13)8(14)4-6/h2-5H,1H3,(H,16,20). The zero-order chi connectivity index (χ0) is 14.4. The topological polar surface area (TPSA) is 55.6 Å². The van der Waals surface area contributed by atoms with Crippen molar-refractivity contribution in [2.75, 3.05) is 0 Å². The summed E-state index contributed by atoms with van der Waals surface area (Å²) in [6, 6.07) is 4.05. The van der Waals surface area contributed by atoms with Crippen LogP contribution in [0.4, 0.5) is 4.39 Å². The molecule has 0 saturated carbocycles. The number of hydrogen-bond acceptors (Lipinski definition) is 3. The van der Waals surface area contributed by atoms with E-state index in [4.69, 9.17) is 23.8 Å². The van der Waals surface area contributed by atoms with Gasteiger partial charge in [0.15, 0.2) is 10.3 Å². The number of aromatic amines is 1. The molecule has 0 unspecified atom stereocenters. The van der Waals surface area contributed by atoms with Crippen molar-refractivity contribution < 1.29 is 4.39 Å². The lowest BCUT2D eigenvalue weighted by atomic mass is 10.3. The molecule has 0 radical (unpaired) electrons. The van der Waals surface area contributed by atoms with Crippen molar-refractivity contribution in [3.8, 4) is 5.69 Å². The molecule has 0 aliphatic carbocycles. The number of benzene rings is 1. The summed E-state index contributed by atoms with van der Waals surface area (Å²) in [5, 5.41) is -0.0180. The zero-order valence-corrected chi connectivity index (χ0v) is 11.8. The molecule has 8 heteroatoms. The second-order valence-electron chi connectivity index (χ2n) is 4.22. The van der Waals surface area contributed by atoms with Gasteiger partial charge in [-0.1, -0.05) is 11.6 Å². The number of aromatic nitrogens is 4. The molecule has 0 atom stereocenters. The maximum absolute atomic E-state index is 13.5. The Hall–Kier alpha value is -1.99. The van der Waals surface area contributed by atoms with Crippen molar-refractivity contribution >= 4 is 35.0 Å². The average molecular weight is 311 g/mol. The predicted molar refractivity (Wildman–Crippen MR) is 76.5 cm³/mol. The van der Waals surface area contributed by atoms with Gasteiger partial charge in [0.2, 0.25) is 0 Å². The molecule has 3 rings (SSSR count). The highest BCUT2D eigenvalue weighted by Gasteiger charge is 2.12. The Bertz CT molecular complexity index is 943. The third kappa shape index (κ3) is 1.86. The van der Waals surface area contributed by atoms with Crippen molar-refractivity contribution in [3.05, 3.63) is 50.5 Å². The van der Waals surface area contributed by atoms with Crippen molar-refractivity contribution in [2.24, 2.45) is 7.05 Å². The minimum absolute atomic E-state index is 0.0180. The minimum Gasteiger partial charge on any atom is -0.320 e. The van der Waals surface area contributed by atoms with Crippen LogP contribution in [-0.2, 0) is 7.05 Å². The fourth-order valence-electron chi connectivity index (χ4n) is 1.95. The first-order valence-corrected chi connectivity index (χ1v) is 6.39. The van der Waals surface area contributed by atoms with Crippen LogP contribution in [0.3, 0.4) is 0 Å². The Labute approximate surface area is 122 Å². The van der Waals surface area contributed by atoms with E-state index in [1.54, 1.807) is 11.6 Å². The molecule has 2 heterocycles. The Morgan fingerprint density at radius 1 is 1.45 bits per heavy atom. The van der Waals surface area contributed by atoms with Gasteiger partial charge in [-0.3, -0.25) is 9.36 Å². The molecular formula is C12H8ClFN4OS. The Kier molecular flexibility index (Phi) is 2.95. The lowest BCUT2D eigenvalue weighted by Gasteiger charge is -2.07. The number of hydrogen-bond donors (Lipinski definition) is 1. The molecule has 0 aliphatic rings. The third-order valence-corrected chi connectivity index (χ3v) is 3.52. The van der Waals surface area contributed by atoms with E-state index >= 15 is 0 Å². The van der Waals surface area contributed by atoms with Gasteiger partial charge >= 0.3 is 0 Å². The summed E-state index contributed by atoms with van der Waals surface area (Å²) in [5.74, 6) is -0.619. The molecule has 0 fully saturated rings. The molecule has 0 amide bonds. The number of rotatable bonds is 1. The molecule has 0 bridgehead atoms. The fraction of sp³-hybridized carbons (Fsp3) is 0.0833. The largest absolute Gasteiger partial charge is 0.320 e. The zero-order valence-electron chi connectivity index (χ0n) is 10.2. The molecule has 20 heavy (non-hydrogen) atoms. The molecule has 5 nitrogen and oxygen atoms in total. The van der Waals surface area contributed by atoms with E-state index in [2.05, 4.69) is 9.97 Å². The van der Waals surface area contributed by atoms with Crippen LogP contribution in [0.15, 0.2) is 29.3 Å². The first-order chi connectivity index (χ1) is 9.49. The number of H-pyrrole nitrogens is 1. The first kappa shape index (κ1) is 13.0. The van der Waals surface area contributed by atoms with E-state index in [1.807, 2.05) is 0 Å². The fourth-order valence-corrected chi connectivity index (χ4v) is 2.35. The van der Waals surface area contributed by atoms with Crippen LogP contribution in [0.1, 0.15) is 0 Å². The third-order valence-electron chi connectivity index (χ3n) is 2.93. The Morgan fingerprint density at radius 3 is 2.90 bits per heavy atom. The lowest BCUT2D eigenvalue weighted by molar-refractivity contribution is 0.626. The molecular weight excluding hydrogens is 303 g/mol. The van der Waals surface area contributed by atoms with Crippen LogP contribution >= 0.6 is 23.8 Å². The minimum atomic E-state index is -0.619. The molecule has 1 aromatic carbocycles. The number of imidazole rings is 1. The number of aryl methyl sites for hydroxylation is 1. The quantitative estimate of drug-likeness (QED) is 0.703. The molecule has 3 aromatic rings. The summed E-state index contributed by atoms with van der Waals surface area (Å²) < 4.78 is 16.5. The Balaban J connectivity index is 2.39. The normalized spacial score (nSPS) is 11.2. The average Bonchev–Trinajstić information content (AvgIpc) is 2.76. The molecule has 1 N–H and O–H groups in total. The van der Waals surface area contributed by atoms with Crippen molar-refractivity contribution in [2.45, 2.75) is 0 Å². The highest BCUT2D eigenvalue weighted by Crippen LogP contribution is 2.18. The van der Waals surface area contributed by atoms with Gasteiger partial charge in [0.1, 0.15) is 11.5 Å². The summed E-state index contributed by atoms with van der Waals surface area (Å²) in [5.41, 5.74) is 0.638. The monoisotopic (exact) mass is 310 g/mol. The highest BCUT2D eigenvalue weighted by atomic mass is 35.5. The molecule has 0 saturated heterocycles. The van der Waals surface area contributed by atoms with E-state index in [9.17, 15) is 9.18 Å². The van der Waals surface area contributed by atoms with E-state index in [1.165, 1.54) is 23.0 Å². The van der Waals surface area contributed by atoms with Crippen LogP contribution in [0.2, 0.25) is 5.02 Å². The number of halogens is 2. The van der Waals surface area contributed by atoms with Gasteiger partial charge < -0.3 is 9.55 Å². The summed E-state index contributed by atoms with van der Waals surface area (Å²) in [6.07, 6.45) is 1.50. The van der Waals surface area contributed by atoms with Gasteiger partial charge in [0.25, 0.3) is 5.56 Å². The molecule has 102 valence electrons. The van der Waals surface area contributed by atoms with E-state index in [0.717, 1.165) is 6.07 Å². The molecule has 2 aromatic heterocycles. The number of nitrogens with zero attached hydrogens (tertiary/aromatic N) is 3. The molecule has 0 aliphatic heterocycles. The van der Waals surface area contributed by atoms with Crippen LogP contribution < -0.4 is 5.56 Å². The van der Waals surface area contributed by atoms with Crippen LogP contribution in [0, 0.1) is 10.6 Å². The second kappa shape index (κ2) is 4.53. The van der Waals surface area contributed by atoms with Gasteiger partial charge in [-0.15, -0.1) is 0 Å². The van der Waals surface area contributed by atoms with Crippen LogP contribution in [0.25, 0.3) is 16.9 Å². The maximum Gasteiger partial charge on any atom is 0.287 e. The summed E-state index contributed by atoms with van der Waals surface area (Å²) in [4.78, 5) is 19.3. The van der Waals surface area contributed by atoms with Crippen molar-refractivity contribution in [1.29, 1.82) is 0 Å². The highest BCUT2D eigenvalue weighted by molar-refractivity contribution is 7.71. The molecule has 0 spiro atoms. The van der Waals surface area contributed by atoms with Gasteiger partial charge in [0, 0.05) is 7.05 Å². The van der Waals surface area contributed by atoms with E-state index in [-0.39, 0.29) is 15.3 Å². The number of nitrogens with one attached hydrogen (secondary N) is 1. The van der Waals surface area contributed by atoms with Crippen LogP contribution in [-0.4, -0.2) is 19.1 Å². The smallest absolute Gasteiger partial charge is 0.287 e. The number of fused-ring (bicyclic) bond motifs is 1. The van der Waals surface area contributed by atoms with Gasteiger partial charge in [-0.05, 0) is 30.4 Å². The summed E-state index contributed by atoms with van der Waals surface area (Å²) in [6.45, 7) is 0. The van der Waals surface area contributed by atoms with Crippen molar-refractivity contribution in [3.63, 3.8) is 0 Å². The lowest BCUT2D eigenvalue weighted by Crippen LogP contribution is -2.21. The van der Waals surface area contributed by atoms with E-state index < -0.39 is 11.4 Å². The maximum atomic E-state index is 13.5. The first-order valence-electron chi connectivity index (χ1n) is 5.61. The van der Waals surface area contributed by atoms with Gasteiger partial charge in [-0.25, -0.2) is 9.37 Å².